The van der Waals surface area contributed by atoms with Gasteiger partial charge in [-0.2, -0.15) is 0 Å². The van der Waals surface area contributed by atoms with E-state index < -0.39 is 0 Å². The summed E-state index contributed by atoms with van der Waals surface area (Å²) in [7, 11) is 0. The maximum absolute atomic E-state index is 12.1. The van der Waals surface area contributed by atoms with E-state index in [9.17, 15) is 9.59 Å². The lowest BCUT2D eigenvalue weighted by atomic mass is 10.0. The molecule has 0 radical (unpaired) electrons. The van der Waals surface area contributed by atoms with Gasteiger partial charge in [0.15, 0.2) is 5.78 Å². The number of para-hydroxylation sites is 1. The summed E-state index contributed by atoms with van der Waals surface area (Å²) in [5.41, 5.74) is 1.00. The van der Waals surface area contributed by atoms with E-state index in [4.69, 9.17) is 5.11 Å². The van der Waals surface area contributed by atoms with Crippen LogP contribution in [0.1, 0.15) is 23.7 Å². The maximum atomic E-state index is 12.1. The zero-order valence-corrected chi connectivity index (χ0v) is 11.6. The predicted molar refractivity (Wildman–Crippen MR) is 74.6 cm³/mol. The van der Waals surface area contributed by atoms with Crippen molar-refractivity contribution in [3.63, 3.8) is 0 Å². The molecule has 1 rings (SSSR count). The molecular formula is C12H14INO3. The number of anilines is 1. The molecule has 0 saturated carbocycles. The Morgan fingerprint density at radius 1 is 1.41 bits per heavy atom. The number of benzene rings is 1. The number of carbonyl (C=O) groups excluding carboxylic acids is 2. The van der Waals surface area contributed by atoms with Crippen LogP contribution in [0.5, 0.6) is 0 Å². The highest BCUT2D eigenvalue weighted by atomic mass is 127. The average Bonchev–Trinajstić information content (AvgIpc) is 2.28. The quantitative estimate of drug-likeness (QED) is 0.487. The smallest absolute Gasteiger partial charge is 0.221 e. The van der Waals surface area contributed by atoms with Gasteiger partial charge in [0.1, 0.15) is 0 Å². The highest BCUT2D eigenvalue weighted by molar-refractivity contribution is 14.1. The van der Waals surface area contributed by atoms with Crippen LogP contribution in [0.15, 0.2) is 24.3 Å². The number of amides is 1. The number of halogens is 1. The highest BCUT2D eigenvalue weighted by Crippen LogP contribution is 2.21. The average molecular weight is 347 g/mol. The molecule has 0 heterocycles. The molecular weight excluding hydrogens is 333 g/mol. The van der Waals surface area contributed by atoms with E-state index in [0.29, 0.717) is 17.7 Å². The van der Waals surface area contributed by atoms with Crippen molar-refractivity contribution in [1.29, 1.82) is 0 Å². The zero-order chi connectivity index (χ0) is 12.8. The molecule has 0 saturated heterocycles. The fourth-order valence-electron chi connectivity index (χ4n) is 1.41. The van der Waals surface area contributed by atoms with Crippen LogP contribution in [-0.4, -0.2) is 27.3 Å². The number of alkyl halides is 1. The molecule has 2 N–H and O–H groups in total. The molecule has 4 nitrogen and oxygen atoms in total. The molecule has 0 spiro atoms. The number of nitrogens with one attached hydrogen (secondary N) is 1. The Labute approximate surface area is 114 Å². The Bertz CT molecular complexity index is 420. The van der Waals surface area contributed by atoms with Gasteiger partial charge in [-0.25, -0.2) is 0 Å². The van der Waals surface area contributed by atoms with E-state index in [2.05, 4.69) is 5.32 Å². The molecule has 0 aromatic heterocycles. The Balaban J connectivity index is 2.96. The summed E-state index contributed by atoms with van der Waals surface area (Å²) in [5, 5.41) is 11.4. The van der Waals surface area contributed by atoms with E-state index in [-0.39, 0.29) is 22.2 Å². The normalized spacial score (nSPS) is 11.9. The number of rotatable bonds is 5. The first-order chi connectivity index (χ1) is 8.06. The predicted octanol–water partition coefficient (Wildman–Crippen LogP) is 2.01. The van der Waals surface area contributed by atoms with E-state index in [0.717, 1.165) is 0 Å². The van der Waals surface area contributed by atoms with Crippen molar-refractivity contribution in [3.8, 4) is 0 Å². The summed E-state index contributed by atoms with van der Waals surface area (Å²) < 4.78 is -0.285. The molecule has 1 atom stereocenters. The van der Waals surface area contributed by atoms with Gasteiger partial charge in [0.2, 0.25) is 5.91 Å². The third-order valence-corrected chi connectivity index (χ3v) is 3.36. The highest BCUT2D eigenvalue weighted by Gasteiger charge is 2.19. The van der Waals surface area contributed by atoms with Gasteiger partial charge < -0.3 is 10.4 Å². The lowest BCUT2D eigenvalue weighted by molar-refractivity contribution is -0.114. The minimum atomic E-state index is -0.285. The van der Waals surface area contributed by atoms with E-state index >= 15 is 0 Å². The maximum Gasteiger partial charge on any atom is 0.221 e. The molecule has 0 aliphatic heterocycles. The van der Waals surface area contributed by atoms with Crippen molar-refractivity contribution < 1.29 is 14.7 Å². The second-order valence-electron chi connectivity index (χ2n) is 3.57. The summed E-state index contributed by atoms with van der Waals surface area (Å²) in [6, 6.07) is 6.88. The number of ketones is 1. The minimum absolute atomic E-state index is 0.0261. The summed E-state index contributed by atoms with van der Waals surface area (Å²) >= 11 is 2.00. The van der Waals surface area contributed by atoms with Gasteiger partial charge in [0, 0.05) is 19.1 Å². The number of carbonyl (C=O) groups is 2. The Kier molecular flexibility index (Phi) is 5.57. The monoisotopic (exact) mass is 347 g/mol. The van der Waals surface area contributed by atoms with Crippen molar-refractivity contribution in [3.05, 3.63) is 29.8 Å². The number of hydrogen-bond donors (Lipinski definition) is 2. The second-order valence-corrected chi connectivity index (χ2v) is 5.07. The molecule has 17 heavy (non-hydrogen) atoms. The van der Waals surface area contributed by atoms with E-state index in [1.165, 1.54) is 6.92 Å². The summed E-state index contributed by atoms with van der Waals surface area (Å²) in [4.78, 5) is 23.1. The first-order valence-electron chi connectivity index (χ1n) is 5.22. The van der Waals surface area contributed by atoms with Crippen LogP contribution in [-0.2, 0) is 4.79 Å². The third-order valence-electron chi connectivity index (χ3n) is 2.17. The molecule has 1 unspecified atom stereocenters. The molecule has 0 aliphatic carbocycles. The standard InChI is InChI=1S/C12H14INO3/c1-8(16)14-11-5-3-2-4-9(11)12(17)10(13)6-7-15/h2-5,10,15H,6-7H2,1H3,(H,14,16). The molecule has 92 valence electrons. The van der Waals surface area contributed by atoms with Gasteiger partial charge in [-0.15, -0.1) is 0 Å². The van der Waals surface area contributed by atoms with Crippen LogP contribution in [0.4, 0.5) is 5.69 Å². The van der Waals surface area contributed by atoms with Crippen LogP contribution in [0.3, 0.4) is 0 Å². The van der Waals surface area contributed by atoms with E-state index in [1.54, 1.807) is 24.3 Å². The lowest BCUT2D eigenvalue weighted by Crippen LogP contribution is -2.18. The van der Waals surface area contributed by atoms with Crippen molar-refractivity contribution in [1.82, 2.24) is 0 Å². The zero-order valence-electron chi connectivity index (χ0n) is 9.44. The Hall–Kier alpha value is -0.950. The molecule has 0 aliphatic rings. The number of aliphatic hydroxyl groups is 1. The first kappa shape index (κ1) is 14.1. The molecule has 1 amide bonds. The van der Waals surface area contributed by atoms with Gasteiger partial charge in [-0.1, -0.05) is 34.7 Å². The number of hydrogen-bond acceptors (Lipinski definition) is 3. The topological polar surface area (TPSA) is 66.4 Å². The summed E-state index contributed by atoms with van der Waals surface area (Å²) in [6.45, 7) is 1.37. The van der Waals surface area contributed by atoms with Crippen molar-refractivity contribution >= 4 is 40.0 Å². The van der Waals surface area contributed by atoms with Crippen LogP contribution < -0.4 is 5.32 Å². The molecule has 5 heteroatoms. The van der Waals surface area contributed by atoms with Crippen LogP contribution in [0.25, 0.3) is 0 Å². The molecule has 0 bridgehead atoms. The van der Waals surface area contributed by atoms with Gasteiger partial charge in [-0.3, -0.25) is 9.59 Å². The molecule has 1 aromatic carbocycles. The van der Waals surface area contributed by atoms with Crippen LogP contribution in [0, 0.1) is 0 Å². The molecule has 0 fully saturated rings. The van der Waals surface area contributed by atoms with E-state index in [1.807, 2.05) is 22.6 Å². The van der Waals surface area contributed by atoms with Crippen molar-refractivity contribution in [2.45, 2.75) is 17.3 Å². The van der Waals surface area contributed by atoms with Crippen LogP contribution in [0.2, 0.25) is 0 Å². The fourth-order valence-corrected chi connectivity index (χ4v) is 2.02. The van der Waals surface area contributed by atoms with Gasteiger partial charge >= 0.3 is 0 Å². The molecule has 1 aromatic rings. The number of Topliss-reactive ketones (excluding diaryl/α,β-unsaturated/α-hetero) is 1. The largest absolute Gasteiger partial charge is 0.396 e. The van der Waals surface area contributed by atoms with Crippen molar-refractivity contribution in [2.24, 2.45) is 0 Å². The van der Waals surface area contributed by atoms with Gasteiger partial charge in [0.05, 0.1) is 9.61 Å². The summed E-state index contributed by atoms with van der Waals surface area (Å²) in [5.74, 6) is -0.290. The second kappa shape index (κ2) is 6.70. The third kappa shape index (κ3) is 4.08. The fraction of sp³-hybridized carbons (Fsp3) is 0.333. The van der Waals surface area contributed by atoms with Crippen LogP contribution >= 0.6 is 22.6 Å². The van der Waals surface area contributed by atoms with Gasteiger partial charge in [-0.05, 0) is 18.6 Å². The van der Waals surface area contributed by atoms with Gasteiger partial charge in [0.25, 0.3) is 0 Å². The van der Waals surface area contributed by atoms with Crippen molar-refractivity contribution in [2.75, 3.05) is 11.9 Å². The SMILES string of the molecule is CC(=O)Nc1ccccc1C(=O)C(I)CCO. The Morgan fingerprint density at radius 2 is 2.06 bits per heavy atom. The first-order valence-corrected chi connectivity index (χ1v) is 6.46. The lowest BCUT2D eigenvalue weighted by Gasteiger charge is -2.11. The minimum Gasteiger partial charge on any atom is -0.396 e. The Morgan fingerprint density at radius 3 is 2.65 bits per heavy atom. The number of aliphatic hydroxyl groups excluding tert-OH is 1. The summed E-state index contributed by atoms with van der Waals surface area (Å²) in [6.07, 6.45) is 0.411.